The average molecular weight is 582 g/mol. The molecule has 0 aliphatic carbocycles. The maximum Gasteiger partial charge on any atom is 0.264 e. The fraction of sp³-hybridized carbons (Fsp3) is 0.355. The van der Waals surface area contributed by atoms with Crippen LogP contribution in [0.5, 0.6) is 11.5 Å². The highest BCUT2D eigenvalue weighted by Gasteiger charge is 2.33. The summed E-state index contributed by atoms with van der Waals surface area (Å²) < 4.78 is 40.0. The number of nitrogens with zero attached hydrogens (tertiary/aromatic N) is 2. The lowest BCUT2D eigenvalue weighted by molar-refractivity contribution is -0.139. The Bertz CT molecular complexity index is 1390. The molecule has 9 nitrogen and oxygen atoms in total. The number of para-hydroxylation sites is 2. The first-order valence-corrected chi connectivity index (χ1v) is 15.0. The van der Waals surface area contributed by atoms with E-state index in [0.717, 1.165) is 9.87 Å². The number of amides is 2. The summed E-state index contributed by atoms with van der Waals surface area (Å²) in [4.78, 5) is 28.6. The number of hydrogen-bond donors (Lipinski definition) is 1. The van der Waals surface area contributed by atoms with Gasteiger partial charge in [0, 0.05) is 13.1 Å². The van der Waals surface area contributed by atoms with Crippen molar-refractivity contribution < 1.29 is 27.5 Å². The van der Waals surface area contributed by atoms with Crippen molar-refractivity contribution in [1.29, 1.82) is 0 Å². The fourth-order valence-corrected chi connectivity index (χ4v) is 5.58. The largest absolute Gasteiger partial charge is 0.497 e. The van der Waals surface area contributed by atoms with Crippen LogP contribution in [0.3, 0.4) is 0 Å². The topological polar surface area (TPSA) is 105 Å². The molecule has 0 aromatic heterocycles. The molecule has 0 saturated heterocycles. The minimum Gasteiger partial charge on any atom is -0.497 e. The second-order valence-electron chi connectivity index (χ2n) is 9.91. The molecule has 0 heterocycles. The second-order valence-corrected chi connectivity index (χ2v) is 11.8. The molecule has 0 unspecified atom stereocenters. The number of carbonyl (C=O) groups is 2. The van der Waals surface area contributed by atoms with Crippen molar-refractivity contribution in [1.82, 2.24) is 10.2 Å². The molecule has 41 heavy (non-hydrogen) atoms. The SMILES string of the molecule is CCOc1ccccc1N(CC(=O)N(Cc1ccc(OC)cc1)[C@@H](C)C(=O)NCC(C)C)S(=O)(=O)c1ccccc1. The van der Waals surface area contributed by atoms with E-state index in [2.05, 4.69) is 5.32 Å². The monoisotopic (exact) mass is 581 g/mol. The predicted octanol–water partition coefficient (Wildman–Crippen LogP) is 4.48. The molecular weight excluding hydrogens is 542 g/mol. The molecule has 0 radical (unpaired) electrons. The van der Waals surface area contributed by atoms with Crippen molar-refractivity contribution in [3.05, 3.63) is 84.4 Å². The first-order valence-electron chi connectivity index (χ1n) is 13.6. The zero-order chi connectivity index (χ0) is 30.0. The highest BCUT2D eigenvalue weighted by atomic mass is 32.2. The molecule has 2 amide bonds. The number of methoxy groups -OCH3 is 1. The van der Waals surface area contributed by atoms with Crippen LogP contribution in [0.4, 0.5) is 5.69 Å². The van der Waals surface area contributed by atoms with E-state index in [1.54, 1.807) is 87.7 Å². The summed E-state index contributed by atoms with van der Waals surface area (Å²) in [6, 6.07) is 20.9. The van der Waals surface area contributed by atoms with Gasteiger partial charge in [0.25, 0.3) is 10.0 Å². The van der Waals surface area contributed by atoms with Crippen LogP contribution in [-0.4, -0.2) is 58.0 Å². The molecule has 3 aromatic carbocycles. The van der Waals surface area contributed by atoms with Gasteiger partial charge in [-0.25, -0.2) is 8.42 Å². The minimum atomic E-state index is -4.18. The van der Waals surface area contributed by atoms with E-state index in [4.69, 9.17) is 9.47 Å². The van der Waals surface area contributed by atoms with Crippen molar-refractivity contribution in [2.24, 2.45) is 5.92 Å². The molecule has 0 aliphatic rings. The maximum atomic E-state index is 14.1. The van der Waals surface area contributed by atoms with Crippen LogP contribution < -0.4 is 19.1 Å². The lowest BCUT2D eigenvalue weighted by atomic mass is 10.1. The third-order valence-corrected chi connectivity index (χ3v) is 8.18. The van der Waals surface area contributed by atoms with E-state index < -0.39 is 28.5 Å². The lowest BCUT2D eigenvalue weighted by Crippen LogP contribution is -2.51. The summed E-state index contributed by atoms with van der Waals surface area (Å²) in [5, 5.41) is 2.88. The van der Waals surface area contributed by atoms with E-state index in [9.17, 15) is 18.0 Å². The van der Waals surface area contributed by atoms with E-state index in [1.807, 2.05) is 13.8 Å². The van der Waals surface area contributed by atoms with Crippen molar-refractivity contribution in [3.8, 4) is 11.5 Å². The average Bonchev–Trinajstić information content (AvgIpc) is 2.98. The Morgan fingerprint density at radius 2 is 1.54 bits per heavy atom. The van der Waals surface area contributed by atoms with Gasteiger partial charge in [-0.3, -0.25) is 13.9 Å². The van der Waals surface area contributed by atoms with Crippen LogP contribution in [0, 0.1) is 5.92 Å². The number of carbonyl (C=O) groups excluding carboxylic acids is 2. The van der Waals surface area contributed by atoms with Crippen LogP contribution in [-0.2, 0) is 26.2 Å². The molecule has 220 valence electrons. The standard InChI is InChI=1S/C31H39N3O6S/c1-6-40-29-15-11-10-14-28(29)34(41(37,38)27-12-8-7-9-13-27)22-30(35)33(24(4)31(36)32-20-23(2)3)21-25-16-18-26(39-5)19-17-25/h7-19,23-24H,6,20-22H2,1-5H3,(H,32,36)/t24-/m0/s1. The highest BCUT2D eigenvalue weighted by Crippen LogP contribution is 2.33. The number of benzene rings is 3. The van der Waals surface area contributed by atoms with Gasteiger partial charge in [-0.05, 0) is 61.7 Å². The molecule has 3 aromatic rings. The maximum absolute atomic E-state index is 14.1. The van der Waals surface area contributed by atoms with Gasteiger partial charge in [0.2, 0.25) is 11.8 Å². The molecule has 3 rings (SSSR count). The Balaban J connectivity index is 2.04. The number of anilines is 1. The van der Waals surface area contributed by atoms with Crippen molar-refractivity contribution >= 4 is 27.5 Å². The lowest BCUT2D eigenvalue weighted by Gasteiger charge is -2.32. The molecular formula is C31H39N3O6S. The number of sulfonamides is 1. The van der Waals surface area contributed by atoms with Gasteiger partial charge in [-0.1, -0.05) is 56.3 Å². The van der Waals surface area contributed by atoms with E-state index in [1.165, 1.54) is 17.0 Å². The van der Waals surface area contributed by atoms with Crippen LogP contribution in [0.25, 0.3) is 0 Å². The van der Waals surface area contributed by atoms with Crippen molar-refractivity contribution in [2.45, 2.75) is 45.2 Å². The van der Waals surface area contributed by atoms with Crippen LogP contribution in [0.2, 0.25) is 0 Å². The van der Waals surface area contributed by atoms with E-state index in [-0.39, 0.29) is 29.0 Å². The summed E-state index contributed by atoms with van der Waals surface area (Å²) in [6.07, 6.45) is 0. The normalized spacial score (nSPS) is 12.0. The van der Waals surface area contributed by atoms with Crippen molar-refractivity contribution in [2.75, 3.05) is 31.1 Å². The molecule has 0 spiro atoms. The highest BCUT2D eigenvalue weighted by molar-refractivity contribution is 7.92. The Morgan fingerprint density at radius 3 is 2.15 bits per heavy atom. The summed E-state index contributed by atoms with van der Waals surface area (Å²) in [6.45, 7) is 7.70. The second kappa shape index (κ2) is 14.5. The Kier molecular flexibility index (Phi) is 11.2. The zero-order valence-electron chi connectivity index (χ0n) is 24.2. The van der Waals surface area contributed by atoms with Crippen LogP contribution >= 0.6 is 0 Å². The van der Waals surface area contributed by atoms with Crippen LogP contribution in [0.1, 0.15) is 33.3 Å². The molecule has 0 aliphatic heterocycles. The fourth-order valence-electron chi connectivity index (χ4n) is 4.14. The Labute approximate surface area is 243 Å². The first kappa shape index (κ1) is 31.5. The summed E-state index contributed by atoms with van der Waals surface area (Å²) >= 11 is 0. The van der Waals surface area contributed by atoms with Gasteiger partial charge in [-0.15, -0.1) is 0 Å². The van der Waals surface area contributed by atoms with E-state index >= 15 is 0 Å². The van der Waals surface area contributed by atoms with Gasteiger partial charge in [0.15, 0.2) is 0 Å². The molecule has 0 saturated carbocycles. The van der Waals surface area contributed by atoms with Crippen LogP contribution in [0.15, 0.2) is 83.8 Å². The molecule has 1 atom stereocenters. The predicted molar refractivity (Wildman–Crippen MR) is 159 cm³/mol. The number of ether oxygens (including phenoxy) is 2. The number of rotatable bonds is 14. The first-order chi connectivity index (χ1) is 19.6. The third kappa shape index (κ3) is 8.23. The van der Waals surface area contributed by atoms with E-state index in [0.29, 0.717) is 24.7 Å². The molecule has 10 heteroatoms. The quantitative estimate of drug-likeness (QED) is 0.301. The molecule has 0 fully saturated rings. The number of hydrogen-bond acceptors (Lipinski definition) is 6. The Hall–Kier alpha value is -4.05. The van der Waals surface area contributed by atoms with Gasteiger partial charge >= 0.3 is 0 Å². The van der Waals surface area contributed by atoms with Gasteiger partial charge < -0.3 is 19.7 Å². The summed E-state index contributed by atoms with van der Waals surface area (Å²) in [5.74, 6) is 0.332. The third-order valence-electron chi connectivity index (χ3n) is 6.41. The van der Waals surface area contributed by atoms with Crippen molar-refractivity contribution in [3.63, 3.8) is 0 Å². The summed E-state index contributed by atoms with van der Waals surface area (Å²) in [5.41, 5.74) is 0.989. The van der Waals surface area contributed by atoms with Gasteiger partial charge in [-0.2, -0.15) is 0 Å². The zero-order valence-corrected chi connectivity index (χ0v) is 25.1. The number of nitrogens with one attached hydrogen (secondary N) is 1. The smallest absolute Gasteiger partial charge is 0.264 e. The molecule has 0 bridgehead atoms. The van der Waals surface area contributed by atoms with Gasteiger partial charge in [0.05, 0.1) is 24.3 Å². The molecule has 1 N–H and O–H groups in total. The minimum absolute atomic E-state index is 0.0310. The summed E-state index contributed by atoms with van der Waals surface area (Å²) in [7, 11) is -2.62. The van der Waals surface area contributed by atoms with Gasteiger partial charge in [0.1, 0.15) is 24.1 Å². The Morgan fingerprint density at radius 1 is 0.902 bits per heavy atom.